The molecule has 2 N–H and O–H groups in total. The van der Waals surface area contributed by atoms with E-state index in [1.807, 2.05) is 6.92 Å². The lowest BCUT2D eigenvalue weighted by Gasteiger charge is -2.26. The van der Waals surface area contributed by atoms with Crippen LogP contribution in [0.15, 0.2) is 29.3 Å². The lowest BCUT2D eigenvalue weighted by Crippen LogP contribution is -2.45. The first-order valence-electron chi connectivity index (χ1n) is 8.87. The van der Waals surface area contributed by atoms with Gasteiger partial charge in [0.1, 0.15) is 5.75 Å². The maximum atomic E-state index is 12.5. The van der Waals surface area contributed by atoms with Crippen LogP contribution in [0.4, 0.5) is 8.78 Å². The van der Waals surface area contributed by atoms with E-state index in [1.165, 1.54) is 6.07 Å². The smallest absolute Gasteiger partial charge is 0.387 e. The Labute approximate surface area is 181 Å². The molecule has 1 heterocycles. The molecule has 0 saturated carbocycles. The number of sulfone groups is 1. The van der Waals surface area contributed by atoms with Gasteiger partial charge in [-0.05, 0) is 13.0 Å². The summed E-state index contributed by atoms with van der Waals surface area (Å²) in [5.41, 5.74) is 0.566. The Morgan fingerprint density at radius 3 is 2.57 bits per heavy atom. The van der Waals surface area contributed by atoms with E-state index in [9.17, 15) is 17.2 Å². The second-order valence-electron chi connectivity index (χ2n) is 6.10. The number of nitrogens with zero attached hydrogens (tertiary/aromatic N) is 2. The average molecular weight is 532 g/mol. The summed E-state index contributed by atoms with van der Waals surface area (Å²) in [5.74, 6) is 1.07. The summed E-state index contributed by atoms with van der Waals surface area (Å²) in [5, 5.41) is 6.28. The molecule has 1 aliphatic heterocycles. The van der Waals surface area contributed by atoms with Crippen molar-refractivity contribution in [2.75, 3.05) is 44.2 Å². The van der Waals surface area contributed by atoms with Gasteiger partial charge in [-0.2, -0.15) is 8.78 Å². The molecule has 1 saturated heterocycles. The van der Waals surface area contributed by atoms with E-state index < -0.39 is 16.4 Å². The van der Waals surface area contributed by atoms with E-state index in [-0.39, 0.29) is 47.8 Å². The molecule has 0 bridgehead atoms. The number of guanidine groups is 1. The van der Waals surface area contributed by atoms with Crippen LogP contribution in [0.25, 0.3) is 0 Å². The fourth-order valence-electron chi connectivity index (χ4n) is 2.66. The van der Waals surface area contributed by atoms with Crippen molar-refractivity contribution in [1.82, 2.24) is 15.5 Å². The van der Waals surface area contributed by atoms with Crippen LogP contribution < -0.4 is 15.4 Å². The van der Waals surface area contributed by atoms with Gasteiger partial charge in [0.15, 0.2) is 15.8 Å². The van der Waals surface area contributed by atoms with Crippen LogP contribution in [-0.4, -0.2) is 70.1 Å². The van der Waals surface area contributed by atoms with E-state index in [2.05, 4.69) is 25.3 Å². The van der Waals surface area contributed by atoms with Gasteiger partial charge < -0.3 is 15.4 Å². The maximum absolute atomic E-state index is 12.5. The Morgan fingerprint density at radius 1 is 1.25 bits per heavy atom. The number of hydrogen-bond acceptors (Lipinski definition) is 5. The molecule has 1 aliphatic rings. The molecule has 11 heteroatoms. The predicted molar refractivity (Wildman–Crippen MR) is 116 cm³/mol. The second-order valence-corrected chi connectivity index (χ2v) is 8.41. The molecule has 28 heavy (non-hydrogen) atoms. The summed E-state index contributed by atoms with van der Waals surface area (Å²) in [7, 11) is -2.88. The molecule has 0 spiro atoms. The third-order valence-corrected chi connectivity index (χ3v) is 5.71. The Balaban J connectivity index is 0.00000392. The Kier molecular flexibility index (Phi) is 11.0. The minimum atomic E-state index is -2.88. The molecule has 0 amide bonds. The summed E-state index contributed by atoms with van der Waals surface area (Å²) < 4.78 is 52.4. The molecule has 1 fully saturated rings. The van der Waals surface area contributed by atoms with Crippen LogP contribution in [-0.2, 0) is 16.4 Å². The van der Waals surface area contributed by atoms with Gasteiger partial charge >= 0.3 is 6.61 Å². The Morgan fingerprint density at radius 2 is 1.93 bits per heavy atom. The van der Waals surface area contributed by atoms with Crippen molar-refractivity contribution in [3.63, 3.8) is 0 Å². The molecule has 0 unspecified atom stereocenters. The molecular formula is C17H27F2IN4O3S. The SMILES string of the molecule is CCNC(=NCc1ccccc1OC(F)F)NCCN1CCS(=O)(=O)CC1.I. The molecule has 7 nitrogen and oxygen atoms in total. The molecule has 1 aromatic rings. The highest BCUT2D eigenvalue weighted by Gasteiger charge is 2.20. The van der Waals surface area contributed by atoms with E-state index >= 15 is 0 Å². The van der Waals surface area contributed by atoms with Crippen LogP contribution >= 0.6 is 24.0 Å². The highest BCUT2D eigenvalue weighted by atomic mass is 127. The Bertz CT molecular complexity index is 721. The number of rotatable bonds is 8. The van der Waals surface area contributed by atoms with Gasteiger partial charge in [0.25, 0.3) is 0 Å². The molecule has 1 aromatic carbocycles. The van der Waals surface area contributed by atoms with Crippen LogP contribution in [0.1, 0.15) is 12.5 Å². The zero-order chi connectivity index (χ0) is 19.7. The van der Waals surface area contributed by atoms with Gasteiger partial charge in [-0.1, -0.05) is 18.2 Å². The van der Waals surface area contributed by atoms with Crippen LogP contribution in [0, 0.1) is 0 Å². The van der Waals surface area contributed by atoms with E-state index in [0.717, 1.165) is 0 Å². The largest absolute Gasteiger partial charge is 0.434 e. The van der Waals surface area contributed by atoms with E-state index in [1.54, 1.807) is 18.2 Å². The molecule has 2 rings (SSSR count). The molecule has 0 aliphatic carbocycles. The second kappa shape index (κ2) is 12.4. The van der Waals surface area contributed by atoms with Crippen LogP contribution in [0.2, 0.25) is 0 Å². The summed E-state index contributed by atoms with van der Waals surface area (Å²) in [4.78, 5) is 6.50. The van der Waals surface area contributed by atoms with Crippen molar-refractivity contribution in [3.8, 4) is 5.75 Å². The zero-order valence-corrected chi connectivity index (χ0v) is 18.9. The quantitative estimate of drug-likeness (QED) is 0.302. The van der Waals surface area contributed by atoms with Gasteiger partial charge in [-0.3, -0.25) is 4.90 Å². The van der Waals surface area contributed by atoms with Crippen molar-refractivity contribution < 1.29 is 21.9 Å². The number of aliphatic imine (C=N–C) groups is 1. The summed E-state index contributed by atoms with van der Waals surface area (Å²) >= 11 is 0. The Hall–Kier alpha value is -1.21. The molecule has 160 valence electrons. The molecule has 0 radical (unpaired) electrons. The first kappa shape index (κ1) is 24.8. The van der Waals surface area contributed by atoms with Crippen molar-refractivity contribution >= 4 is 39.8 Å². The van der Waals surface area contributed by atoms with Crippen molar-refractivity contribution in [1.29, 1.82) is 0 Å². The van der Waals surface area contributed by atoms with Gasteiger partial charge in [0, 0.05) is 38.3 Å². The fourth-order valence-corrected chi connectivity index (χ4v) is 3.93. The standard InChI is InChI=1S/C17H26F2N4O3S.HI/c1-2-20-17(21-7-8-23-9-11-27(24,25)12-10-23)22-13-14-5-3-4-6-15(14)26-16(18)19;/h3-6,16H,2,7-13H2,1H3,(H2,20,21,22);1H. The number of halogens is 3. The summed E-state index contributed by atoms with van der Waals surface area (Å²) in [6.45, 7) is 2.27. The highest BCUT2D eigenvalue weighted by Crippen LogP contribution is 2.20. The topological polar surface area (TPSA) is 83.0 Å². The maximum Gasteiger partial charge on any atom is 0.387 e. The van der Waals surface area contributed by atoms with Gasteiger partial charge in [-0.25, -0.2) is 13.4 Å². The number of ether oxygens (including phenoxy) is 1. The lowest BCUT2D eigenvalue weighted by molar-refractivity contribution is -0.0504. The monoisotopic (exact) mass is 532 g/mol. The predicted octanol–water partition coefficient (Wildman–Crippen LogP) is 1.69. The van der Waals surface area contributed by atoms with Crippen molar-refractivity contribution in [2.45, 2.75) is 20.1 Å². The van der Waals surface area contributed by atoms with Crippen molar-refractivity contribution in [3.05, 3.63) is 29.8 Å². The van der Waals surface area contributed by atoms with E-state index in [0.29, 0.717) is 44.2 Å². The molecule has 0 aromatic heterocycles. The van der Waals surface area contributed by atoms with Gasteiger partial charge in [0.05, 0.1) is 18.1 Å². The summed E-state index contributed by atoms with van der Waals surface area (Å²) in [6.07, 6.45) is 0. The number of para-hydroxylation sites is 1. The normalized spacial score (nSPS) is 17.1. The number of hydrogen-bond donors (Lipinski definition) is 2. The molecular weight excluding hydrogens is 505 g/mol. The molecule has 0 atom stereocenters. The minimum Gasteiger partial charge on any atom is -0.434 e. The van der Waals surface area contributed by atoms with Gasteiger partial charge in [-0.15, -0.1) is 24.0 Å². The van der Waals surface area contributed by atoms with Gasteiger partial charge in [0.2, 0.25) is 0 Å². The average Bonchev–Trinajstić information content (AvgIpc) is 2.61. The zero-order valence-electron chi connectivity index (χ0n) is 15.7. The number of alkyl halides is 2. The van der Waals surface area contributed by atoms with E-state index in [4.69, 9.17) is 0 Å². The highest BCUT2D eigenvalue weighted by molar-refractivity contribution is 14.0. The third-order valence-electron chi connectivity index (χ3n) is 4.10. The minimum absolute atomic E-state index is 0. The van der Waals surface area contributed by atoms with Crippen LogP contribution in [0.3, 0.4) is 0 Å². The first-order valence-corrected chi connectivity index (χ1v) is 10.7. The van der Waals surface area contributed by atoms with Crippen LogP contribution in [0.5, 0.6) is 5.75 Å². The number of benzene rings is 1. The third kappa shape index (κ3) is 8.86. The fraction of sp³-hybridized carbons (Fsp3) is 0.588. The number of nitrogens with one attached hydrogen (secondary N) is 2. The lowest BCUT2D eigenvalue weighted by atomic mass is 10.2. The first-order chi connectivity index (χ1) is 12.9. The van der Waals surface area contributed by atoms with Crippen molar-refractivity contribution in [2.24, 2.45) is 4.99 Å². The summed E-state index contributed by atoms with van der Waals surface area (Å²) in [6, 6.07) is 6.56.